The Labute approximate surface area is 95.4 Å². The number of nitrogens with one attached hydrogen (secondary N) is 1. The van der Waals surface area contributed by atoms with Crippen LogP contribution in [-0.2, 0) is 4.74 Å². The van der Waals surface area contributed by atoms with E-state index < -0.39 is 17.7 Å². The molecule has 0 aliphatic heterocycles. The van der Waals surface area contributed by atoms with Gasteiger partial charge in [0.1, 0.15) is 5.60 Å². The van der Waals surface area contributed by atoms with E-state index in [-0.39, 0.29) is 10.1 Å². The third-order valence-electron chi connectivity index (χ3n) is 1.22. The van der Waals surface area contributed by atoms with Crippen LogP contribution in [0.15, 0.2) is 0 Å². The molecule has 0 spiro atoms. The van der Waals surface area contributed by atoms with Crippen LogP contribution in [0.2, 0.25) is 0 Å². The molecule has 1 heterocycles. The van der Waals surface area contributed by atoms with E-state index in [1.807, 2.05) is 0 Å². The first-order valence-electron chi connectivity index (χ1n) is 4.35. The summed E-state index contributed by atoms with van der Waals surface area (Å²) in [4.78, 5) is 21.8. The summed E-state index contributed by atoms with van der Waals surface area (Å²) in [5.74, 6) is -1.19. The van der Waals surface area contributed by atoms with Gasteiger partial charge in [0.2, 0.25) is 10.1 Å². The molecule has 7 nitrogen and oxygen atoms in total. The van der Waals surface area contributed by atoms with Crippen molar-refractivity contribution in [3.8, 4) is 0 Å². The van der Waals surface area contributed by atoms with Gasteiger partial charge in [-0.3, -0.25) is 5.32 Å². The number of ether oxygens (including phenoxy) is 1. The molecule has 0 radical (unpaired) electrons. The average molecular weight is 245 g/mol. The number of carboxylic acid groups (broad SMARTS) is 1. The Hall–Kier alpha value is -1.70. The van der Waals surface area contributed by atoms with Gasteiger partial charge in [-0.15, -0.1) is 10.2 Å². The lowest BCUT2D eigenvalue weighted by molar-refractivity contribution is 0.0634. The number of aromatic nitrogens is 2. The van der Waals surface area contributed by atoms with Crippen molar-refractivity contribution in [2.24, 2.45) is 0 Å². The highest BCUT2D eigenvalue weighted by Crippen LogP contribution is 2.16. The van der Waals surface area contributed by atoms with E-state index in [1.165, 1.54) is 0 Å². The molecule has 8 heteroatoms. The van der Waals surface area contributed by atoms with Crippen LogP contribution in [-0.4, -0.2) is 33.0 Å². The van der Waals surface area contributed by atoms with E-state index in [9.17, 15) is 9.59 Å². The van der Waals surface area contributed by atoms with Crippen molar-refractivity contribution >= 4 is 28.5 Å². The number of nitrogens with zero attached hydrogens (tertiary/aromatic N) is 2. The van der Waals surface area contributed by atoms with Crippen LogP contribution in [0.4, 0.5) is 9.93 Å². The number of carbonyl (C=O) groups is 2. The van der Waals surface area contributed by atoms with Crippen LogP contribution in [0.1, 0.15) is 30.6 Å². The van der Waals surface area contributed by atoms with Crippen molar-refractivity contribution < 1.29 is 19.4 Å². The molecule has 2 N–H and O–H groups in total. The zero-order valence-corrected chi connectivity index (χ0v) is 9.79. The highest BCUT2D eigenvalue weighted by Gasteiger charge is 2.18. The van der Waals surface area contributed by atoms with Crippen molar-refractivity contribution in [3.05, 3.63) is 5.01 Å². The zero-order valence-electron chi connectivity index (χ0n) is 8.97. The molecular formula is C8H11N3O4S. The number of amides is 1. The van der Waals surface area contributed by atoms with Crippen LogP contribution in [0.3, 0.4) is 0 Å². The van der Waals surface area contributed by atoms with Crippen molar-refractivity contribution in [1.82, 2.24) is 10.2 Å². The Kier molecular flexibility index (Phi) is 3.43. The average Bonchev–Trinajstić information content (AvgIpc) is 2.48. The zero-order chi connectivity index (χ0) is 12.3. The van der Waals surface area contributed by atoms with Gasteiger partial charge in [-0.05, 0) is 20.8 Å². The summed E-state index contributed by atoms with van der Waals surface area (Å²) in [6, 6.07) is 0. The molecule has 0 fully saturated rings. The Morgan fingerprint density at radius 3 is 2.44 bits per heavy atom. The first-order valence-corrected chi connectivity index (χ1v) is 5.16. The Bertz CT molecular complexity index is 410. The topological polar surface area (TPSA) is 101 Å². The van der Waals surface area contributed by atoms with E-state index in [0.717, 1.165) is 11.3 Å². The summed E-state index contributed by atoms with van der Waals surface area (Å²) < 4.78 is 4.95. The number of hydrogen-bond donors (Lipinski definition) is 2. The summed E-state index contributed by atoms with van der Waals surface area (Å²) in [6.45, 7) is 5.15. The quantitative estimate of drug-likeness (QED) is 0.820. The molecule has 16 heavy (non-hydrogen) atoms. The number of aromatic carboxylic acids is 1. The molecule has 1 amide bonds. The Balaban J connectivity index is 2.60. The van der Waals surface area contributed by atoms with E-state index in [1.54, 1.807) is 20.8 Å². The maximum atomic E-state index is 11.3. The summed E-state index contributed by atoms with van der Waals surface area (Å²) in [5.41, 5.74) is -0.621. The van der Waals surface area contributed by atoms with E-state index in [0.29, 0.717) is 0 Å². The molecule has 0 aromatic carbocycles. The monoisotopic (exact) mass is 245 g/mol. The predicted octanol–water partition coefficient (Wildman–Crippen LogP) is 1.58. The second-order valence-electron chi connectivity index (χ2n) is 3.84. The first kappa shape index (κ1) is 12.4. The largest absolute Gasteiger partial charge is 0.476 e. The molecule has 1 aromatic heterocycles. The molecule has 0 atom stereocenters. The van der Waals surface area contributed by atoms with Crippen molar-refractivity contribution in [3.63, 3.8) is 0 Å². The number of rotatable bonds is 2. The molecule has 88 valence electrons. The Morgan fingerprint density at radius 2 is 2.00 bits per heavy atom. The van der Waals surface area contributed by atoms with Gasteiger partial charge in [0.15, 0.2) is 0 Å². The molecular weight excluding hydrogens is 234 g/mol. The lowest BCUT2D eigenvalue weighted by Gasteiger charge is -2.18. The van der Waals surface area contributed by atoms with Crippen molar-refractivity contribution in [1.29, 1.82) is 0 Å². The molecule has 0 bridgehead atoms. The maximum Gasteiger partial charge on any atom is 0.414 e. The minimum atomic E-state index is -1.19. The lowest BCUT2D eigenvalue weighted by Crippen LogP contribution is -2.27. The van der Waals surface area contributed by atoms with Crippen LogP contribution in [0, 0.1) is 0 Å². The third kappa shape index (κ3) is 3.81. The molecule has 0 saturated carbocycles. The van der Waals surface area contributed by atoms with E-state index in [2.05, 4.69) is 15.5 Å². The number of carboxylic acids is 1. The second kappa shape index (κ2) is 4.44. The van der Waals surface area contributed by atoms with Gasteiger partial charge in [0.05, 0.1) is 0 Å². The molecule has 0 unspecified atom stereocenters. The lowest BCUT2D eigenvalue weighted by atomic mass is 10.2. The van der Waals surface area contributed by atoms with Crippen LogP contribution in [0.5, 0.6) is 0 Å². The van der Waals surface area contributed by atoms with Gasteiger partial charge >= 0.3 is 12.1 Å². The standard InChI is InChI=1S/C8H11N3O4S/c1-8(2,3)15-7(14)9-6-11-10-4(16-6)5(12)13/h1-3H3,(H,12,13)(H,9,11,14). The maximum absolute atomic E-state index is 11.3. The fourth-order valence-electron chi connectivity index (χ4n) is 0.751. The second-order valence-corrected chi connectivity index (χ2v) is 4.82. The highest BCUT2D eigenvalue weighted by molar-refractivity contribution is 7.17. The summed E-state index contributed by atoms with van der Waals surface area (Å²) in [5, 5.41) is 17.6. The summed E-state index contributed by atoms with van der Waals surface area (Å²) in [6.07, 6.45) is -0.694. The molecule has 0 saturated heterocycles. The minimum absolute atomic E-state index is 0.0895. The Morgan fingerprint density at radius 1 is 1.38 bits per heavy atom. The highest BCUT2D eigenvalue weighted by atomic mass is 32.1. The smallest absolute Gasteiger partial charge is 0.414 e. The van der Waals surface area contributed by atoms with Crippen molar-refractivity contribution in [2.75, 3.05) is 5.32 Å². The first-order chi connectivity index (χ1) is 7.28. The summed E-state index contributed by atoms with van der Waals surface area (Å²) >= 11 is 0.762. The predicted molar refractivity (Wildman–Crippen MR) is 56.7 cm³/mol. The number of hydrogen-bond acceptors (Lipinski definition) is 6. The van der Waals surface area contributed by atoms with Crippen LogP contribution < -0.4 is 5.32 Å². The van der Waals surface area contributed by atoms with Gasteiger partial charge in [-0.1, -0.05) is 11.3 Å². The van der Waals surface area contributed by atoms with Gasteiger partial charge < -0.3 is 9.84 Å². The van der Waals surface area contributed by atoms with Gasteiger partial charge in [0, 0.05) is 0 Å². The molecule has 1 rings (SSSR count). The third-order valence-corrected chi connectivity index (χ3v) is 2.04. The number of anilines is 1. The fourth-order valence-corrected chi connectivity index (χ4v) is 1.32. The fraction of sp³-hybridized carbons (Fsp3) is 0.500. The van der Waals surface area contributed by atoms with Gasteiger partial charge in [-0.25, -0.2) is 9.59 Å². The number of carbonyl (C=O) groups excluding carboxylic acids is 1. The minimum Gasteiger partial charge on any atom is -0.476 e. The normalized spacial score (nSPS) is 10.9. The van der Waals surface area contributed by atoms with Gasteiger partial charge in [-0.2, -0.15) is 0 Å². The molecule has 0 aliphatic rings. The van der Waals surface area contributed by atoms with Crippen molar-refractivity contribution in [2.45, 2.75) is 26.4 Å². The SMILES string of the molecule is CC(C)(C)OC(=O)Nc1nnc(C(=O)O)s1. The van der Waals surface area contributed by atoms with Crippen LogP contribution in [0.25, 0.3) is 0 Å². The van der Waals surface area contributed by atoms with E-state index in [4.69, 9.17) is 9.84 Å². The summed E-state index contributed by atoms with van der Waals surface area (Å²) in [7, 11) is 0. The van der Waals surface area contributed by atoms with Crippen LogP contribution >= 0.6 is 11.3 Å². The van der Waals surface area contributed by atoms with E-state index >= 15 is 0 Å². The molecule has 1 aromatic rings. The molecule has 0 aliphatic carbocycles. The van der Waals surface area contributed by atoms with Gasteiger partial charge in [0.25, 0.3) is 0 Å².